The van der Waals surface area contributed by atoms with E-state index in [9.17, 15) is 0 Å². The van der Waals surface area contributed by atoms with E-state index < -0.39 is 0 Å². The first kappa shape index (κ1) is 20.6. The van der Waals surface area contributed by atoms with Crippen LogP contribution in [0.5, 0.6) is 0 Å². The Bertz CT molecular complexity index is 589. The molecule has 0 heterocycles. The zero-order valence-electron chi connectivity index (χ0n) is 14.0. The third-order valence-corrected chi connectivity index (χ3v) is 4.91. The van der Waals surface area contributed by atoms with Gasteiger partial charge in [0, 0.05) is 15.8 Å². The molecule has 0 N–H and O–H groups in total. The number of benzene rings is 2. The summed E-state index contributed by atoms with van der Waals surface area (Å²) in [7, 11) is 4.26. The highest BCUT2D eigenvalue weighted by Crippen LogP contribution is 2.36. The van der Waals surface area contributed by atoms with E-state index in [0.717, 1.165) is 18.0 Å². The van der Waals surface area contributed by atoms with E-state index in [4.69, 9.17) is 11.6 Å². The minimum absolute atomic E-state index is 0. The standard InChI is InChI=1S/C19H24ClNS.BrH/c1-21(2)13-7-10-17(15-8-5-4-6-9-15)18-14-16(20)11-12-19(18)22-3;/h4-6,8-9,11-12,14,17H,7,10,13H2,1-3H3;1H. The van der Waals surface area contributed by atoms with Gasteiger partial charge in [-0.1, -0.05) is 41.9 Å². The van der Waals surface area contributed by atoms with Crippen LogP contribution in [0.15, 0.2) is 53.4 Å². The monoisotopic (exact) mass is 413 g/mol. The van der Waals surface area contributed by atoms with Crippen LogP contribution in [0.1, 0.15) is 29.9 Å². The number of halogens is 2. The summed E-state index contributed by atoms with van der Waals surface area (Å²) in [4.78, 5) is 3.57. The van der Waals surface area contributed by atoms with Gasteiger partial charge in [0.05, 0.1) is 0 Å². The SMILES string of the molecule is Br.CSc1ccc(Cl)cc1C(CCCN(C)C)c1ccccc1. The maximum absolute atomic E-state index is 6.27. The molecule has 2 aromatic rings. The van der Waals surface area contributed by atoms with Crippen molar-refractivity contribution >= 4 is 40.3 Å². The van der Waals surface area contributed by atoms with Gasteiger partial charge >= 0.3 is 0 Å². The van der Waals surface area contributed by atoms with Crippen LogP contribution in [0.2, 0.25) is 5.02 Å². The smallest absolute Gasteiger partial charge is 0.0409 e. The molecular weight excluding hydrogens is 390 g/mol. The van der Waals surface area contributed by atoms with Crippen LogP contribution in [0.25, 0.3) is 0 Å². The fourth-order valence-corrected chi connectivity index (χ4v) is 3.60. The summed E-state index contributed by atoms with van der Waals surface area (Å²) in [6.45, 7) is 1.11. The van der Waals surface area contributed by atoms with Gasteiger partial charge in [0.1, 0.15) is 0 Å². The van der Waals surface area contributed by atoms with E-state index in [1.807, 2.05) is 6.07 Å². The molecular formula is C19H25BrClNS. The highest BCUT2D eigenvalue weighted by Gasteiger charge is 2.17. The predicted octanol–water partition coefficient (Wildman–Crippen LogP) is 6.11. The van der Waals surface area contributed by atoms with Gasteiger partial charge in [-0.05, 0) is 69.1 Å². The van der Waals surface area contributed by atoms with Gasteiger partial charge in [0.25, 0.3) is 0 Å². The molecule has 0 aromatic heterocycles. The van der Waals surface area contributed by atoms with Crippen LogP contribution >= 0.6 is 40.3 Å². The van der Waals surface area contributed by atoms with Crippen molar-refractivity contribution in [2.75, 3.05) is 26.9 Å². The van der Waals surface area contributed by atoms with Crippen molar-refractivity contribution in [1.29, 1.82) is 0 Å². The molecule has 1 atom stereocenters. The third-order valence-electron chi connectivity index (χ3n) is 3.87. The van der Waals surface area contributed by atoms with Crippen molar-refractivity contribution < 1.29 is 0 Å². The summed E-state index contributed by atoms with van der Waals surface area (Å²) in [5.41, 5.74) is 2.73. The quantitative estimate of drug-likeness (QED) is 0.502. The second kappa shape index (κ2) is 10.4. The highest BCUT2D eigenvalue weighted by molar-refractivity contribution is 8.93. The average Bonchev–Trinajstić information content (AvgIpc) is 2.52. The average molecular weight is 415 g/mol. The van der Waals surface area contributed by atoms with Crippen molar-refractivity contribution in [2.45, 2.75) is 23.7 Å². The molecule has 0 spiro atoms. The maximum Gasteiger partial charge on any atom is 0.0409 e. The van der Waals surface area contributed by atoms with E-state index in [1.165, 1.54) is 22.4 Å². The summed E-state index contributed by atoms with van der Waals surface area (Å²) in [5.74, 6) is 0.405. The van der Waals surface area contributed by atoms with Crippen molar-refractivity contribution in [2.24, 2.45) is 0 Å². The fourth-order valence-electron chi connectivity index (χ4n) is 2.78. The Labute approximate surface area is 160 Å². The molecule has 1 nitrogen and oxygen atoms in total. The molecule has 2 aromatic carbocycles. The molecule has 23 heavy (non-hydrogen) atoms. The van der Waals surface area contributed by atoms with E-state index in [0.29, 0.717) is 5.92 Å². The van der Waals surface area contributed by atoms with Crippen molar-refractivity contribution in [3.05, 3.63) is 64.7 Å². The number of hydrogen-bond acceptors (Lipinski definition) is 2. The molecule has 0 saturated carbocycles. The molecule has 1 unspecified atom stereocenters. The first-order chi connectivity index (χ1) is 10.6. The van der Waals surface area contributed by atoms with Gasteiger partial charge in [0.15, 0.2) is 0 Å². The maximum atomic E-state index is 6.27. The summed E-state index contributed by atoms with van der Waals surface area (Å²) >= 11 is 8.07. The van der Waals surface area contributed by atoms with Gasteiger partial charge in [-0.2, -0.15) is 0 Å². The number of nitrogens with zero attached hydrogens (tertiary/aromatic N) is 1. The normalized spacial score (nSPS) is 12.0. The summed E-state index contributed by atoms with van der Waals surface area (Å²) in [5, 5.41) is 0.821. The van der Waals surface area contributed by atoms with Crippen molar-refractivity contribution in [1.82, 2.24) is 4.90 Å². The zero-order valence-corrected chi connectivity index (χ0v) is 17.2. The first-order valence-electron chi connectivity index (χ1n) is 7.65. The topological polar surface area (TPSA) is 3.24 Å². The molecule has 0 bridgehead atoms. The molecule has 0 aliphatic heterocycles. The number of hydrogen-bond donors (Lipinski definition) is 0. The zero-order chi connectivity index (χ0) is 15.9. The molecule has 0 saturated heterocycles. The van der Waals surface area contributed by atoms with E-state index in [2.05, 4.69) is 67.7 Å². The largest absolute Gasteiger partial charge is 0.309 e. The molecule has 0 amide bonds. The molecule has 0 radical (unpaired) electrons. The fraction of sp³-hybridized carbons (Fsp3) is 0.368. The summed E-state index contributed by atoms with van der Waals surface area (Å²) in [6.07, 6.45) is 4.44. The number of thioether (sulfide) groups is 1. The summed E-state index contributed by atoms with van der Waals surface area (Å²) < 4.78 is 0. The van der Waals surface area contributed by atoms with Gasteiger partial charge < -0.3 is 4.90 Å². The van der Waals surface area contributed by atoms with Crippen molar-refractivity contribution in [3.63, 3.8) is 0 Å². The molecule has 0 aliphatic carbocycles. The minimum atomic E-state index is 0. The second-order valence-electron chi connectivity index (χ2n) is 5.80. The summed E-state index contributed by atoms with van der Waals surface area (Å²) in [6, 6.07) is 17.0. The molecule has 2 rings (SSSR count). The van der Waals surface area contributed by atoms with E-state index in [-0.39, 0.29) is 17.0 Å². The lowest BCUT2D eigenvalue weighted by Crippen LogP contribution is -2.14. The van der Waals surface area contributed by atoms with Crippen LogP contribution in [-0.4, -0.2) is 31.8 Å². The van der Waals surface area contributed by atoms with Crippen LogP contribution in [0.4, 0.5) is 0 Å². The van der Waals surface area contributed by atoms with E-state index >= 15 is 0 Å². The van der Waals surface area contributed by atoms with E-state index in [1.54, 1.807) is 11.8 Å². The minimum Gasteiger partial charge on any atom is -0.309 e. The Kier molecular flexibility index (Phi) is 9.30. The van der Waals surface area contributed by atoms with Crippen molar-refractivity contribution in [3.8, 4) is 0 Å². The molecule has 0 fully saturated rings. The second-order valence-corrected chi connectivity index (χ2v) is 7.08. The molecule has 0 aliphatic rings. The third kappa shape index (κ3) is 6.15. The molecule has 4 heteroatoms. The first-order valence-corrected chi connectivity index (χ1v) is 9.25. The Hall–Kier alpha value is -0.480. The lowest BCUT2D eigenvalue weighted by Gasteiger charge is -2.22. The molecule has 126 valence electrons. The van der Waals surface area contributed by atoms with Gasteiger partial charge in [0.2, 0.25) is 0 Å². The lowest BCUT2D eigenvalue weighted by atomic mass is 9.87. The Morgan fingerprint density at radius 3 is 2.39 bits per heavy atom. The van der Waals surface area contributed by atoms with Gasteiger partial charge in [-0.25, -0.2) is 0 Å². The predicted molar refractivity (Wildman–Crippen MR) is 110 cm³/mol. The highest BCUT2D eigenvalue weighted by atomic mass is 79.9. The van der Waals surface area contributed by atoms with Crippen LogP contribution in [-0.2, 0) is 0 Å². The number of rotatable bonds is 7. The Morgan fingerprint density at radius 1 is 1.09 bits per heavy atom. The van der Waals surface area contributed by atoms with Crippen LogP contribution in [0, 0.1) is 0 Å². The lowest BCUT2D eigenvalue weighted by molar-refractivity contribution is 0.389. The van der Waals surface area contributed by atoms with Gasteiger partial charge in [-0.3, -0.25) is 0 Å². The van der Waals surface area contributed by atoms with Crippen LogP contribution in [0.3, 0.4) is 0 Å². The Balaban J connectivity index is 0.00000264. The van der Waals surface area contributed by atoms with Crippen LogP contribution < -0.4 is 0 Å². The van der Waals surface area contributed by atoms with Gasteiger partial charge in [-0.15, -0.1) is 28.7 Å². The Morgan fingerprint density at radius 2 is 1.78 bits per heavy atom.